The first-order chi connectivity index (χ1) is 5.07. The molecular formula is C8H10FN2. The Hall–Kier alpha value is -1.12. The standard InChI is InChI=1S/C8H10FN2/c1-6-4-2-3-5-8(6,9)7(10)11/h2-6H,1H2,(H3,10,11). The van der Waals surface area contributed by atoms with E-state index in [-0.39, 0.29) is 0 Å². The number of hydrogen-bond donors (Lipinski definition) is 2. The molecule has 1 aliphatic rings. The lowest BCUT2D eigenvalue weighted by Crippen LogP contribution is -2.43. The van der Waals surface area contributed by atoms with Gasteiger partial charge in [-0.15, -0.1) is 0 Å². The van der Waals surface area contributed by atoms with Crippen molar-refractivity contribution in [2.45, 2.75) is 5.67 Å². The lowest BCUT2D eigenvalue weighted by Gasteiger charge is -2.26. The highest BCUT2D eigenvalue weighted by molar-refractivity contribution is 5.89. The first-order valence-corrected chi connectivity index (χ1v) is 3.30. The van der Waals surface area contributed by atoms with Gasteiger partial charge in [-0.3, -0.25) is 5.41 Å². The zero-order valence-electron chi connectivity index (χ0n) is 6.05. The van der Waals surface area contributed by atoms with E-state index >= 15 is 0 Å². The summed E-state index contributed by atoms with van der Waals surface area (Å²) in [6, 6.07) is 0. The van der Waals surface area contributed by atoms with Gasteiger partial charge in [-0.05, 0) is 13.0 Å². The average Bonchev–Trinajstić information content (AvgIpc) is 1.95. The van der Waals surface area contributed by atoms with Crippen molar-refractivity contribution in [3.8, 4) is 0 Å². The monoisotopic (exact) mass is 153 g/mol. The van der Waals surface area contributed by atoms with E-state index in [0.29, 0.717) is 0 Å². The first-order valence-electron chi connectivity index (χ1n) is 3.30. The summed E-state index contributed by atoms with van der Waals surface area (Å²) in [7, 11) is 0. The second-order valence-corrected chi connectivity index (χ2v) is 2.53. The van der Waals surface area contributed by atoms with E-state index < -0.39 is 17.4 Å². The lowest BCUT2D eigenvalue weighted by atomic mass is 9.86. The highest BCUT2D eigenvalue weighted by Crippen LogP contribution is 2.27. The minimum Gasteiger partial charge on any atom is -0.385 e. The van der Waals surface area contributed by atoms with Crippen molar-refractivity contribution >= 4 is 5.84 Å². The smallest absolute Gasteiger partial charge is 0.191 e. The Morgan fingerprint density at radius 1 is 1.64 bits per heavy atom. The molecule has 59 valence electrons. The molecular weight excluding hydrogens is 143 g/mol. The molecule has 2 nitrogen and oxygen atoms in total. The predicted molar refractivity (Wildman–Crippen MR) is 42.9 cm³/mol. The quantitative estimate of drug-likeness (QED) is 0.431. The molecule has 2 atom stereocenters. The summed E-state index contributed by atoms with van der Waals surface area (Å²) in [5.41, 5.74) is 3.19. The van der Waals surface area contributed by atoms with Crippen molar-refractivity contribution in [3.05, 3.63) is 31.2 Å². The van der Waals surface area contributed by atoms with Gasteiger partial charge >= 0.3 is 0 Å². The van der Waals surface area contributed by atoms with Crippen LogP contribution in [-0.2, 0) is 0 Å². The summed E-state index contributed by atoms with van der Waals surface area (Å²) >= 11 is 0. The average molecular weight is 153 g/mol. The summed E-state index contributed by atoms with van der Waals surface area (Å²) in [5, 5.41) is 6.99. The van der Waals surface area contributed by atoms with Crippen molar-refractivity contribution in [3.63, 3.8) is 0 Å². The van der Waals surface area contributed by atoms with Crippen LogP contribution in [-0.4, -0.2) is 11.5 Å². The summed E-state index contributed by atoms with van der Waals surface area (Å²) < 4.78 is 13.5. The Morgan fingerprint density at radius 2 is 2.27 bits per heavy atom. The molecule has 0 amide bonds. The number of hydrogen-bond acceptors (Lipinski definition) is 1. The third-order valence-electron chi connectivity index (χ3n) is 1.75. The van der Waals surface area contributed by atoms with Gasteiger partial charge in [0.1, 0.15) is 5.84 Å². The van der Waals surface area contributed by atoms with Crippen molar-refractivity contribution < 1.29 is 4.39 Å². The van der Waals surface area contributed by atoms with Crippen LogP contribution in [0.1, 0.15) is 0 Å². The number of nitrogens with two attached hydrogens (primary N) is 1. The Labute approximate surface area is 65.1 Å². The second kappa shape index (κ2) is 2.49. The first kappa shape index (κ1) is 7.98. The maximum absolute atomic E-state index is 13.5. The van der Waals surface area contributed by atoms with Gasteiger partial charge in [-0.25, -0.2) is 4.39 Å². The molecule has 0 heterocycles. The molecule has 0 saturated carbocycles. The molecule has 1 radical (unpaired) electrons. The maximum Gasteiger partial charge on any atom is 0.191 e. The normalized spacial score (nSPS) is 35.6. The lowest BCUT2D eigenvalue weighted by molar-refractivity contribution is 0.275. The van der Waals surface area contributed by atoms with Crippen LogP contribution in [0.2, 0.25) is 0 Å². The van der Waals surface area contributed by atoms with Gasteiger partial charge in [0.25, 0.3) is 0 Å². The molecule has 1 aliphatic carbocycles. The Morgan fingerprint density at radius 3 is 2.64 bits per heavy atom. The minimum absolute atomic E-state index is 0.488. The molecule has 1 rings (SSSR count). The number of halogens is 1. The van der Waals surface area contributed by atoms with Gasteiger partial charge in [-0.2, -0.15) is 0 Å². The van der Waals surface area contributed by atoms with Gasteiger partial charge in [0.05, 0.1) is 0 Å². The molecule has 3 heteroatoms. The molecule has 0 aromatic carbocycles. The zero-order chi connectivity index (χ0) is 8.48. The van der Waals surface area contributed by atoms with E-state index in [1.54, 1.807) is 12.2 Å². The van der Waals surface area contributed by atoms with Gasteiger partial charge in [-0.1, -0.05) is 18.2 Å². The van der Waals surface area contributed by atoms with Crippen molar-refractivity contribution in [2.75, 3.05) is 0 Å². The molecule has 0 bridgehead atoms. The largest absolute Gasteiger partial charge is 0.385 e. The topological polar surface area (TPSA) is 49.9 Å². The van der Waals surface area contributed by atoms with Crippen molar-refractivity contribution in [1.29, 1.82) is 5.41 Å². The predicted octanol–water partition coefficient (Wildman–Crippen LogP) is 1.21. The zero-order valence-corrected chi connectivity index (χ0v) is 6.05. The summed E-state index contributed by atoms with van der Waals surface area (Å²) in [5.74, 6) is -1.08. The van der Waals surface area contributed by atoms with Crippen LogP contribution in [0.3, 0.4) is 0 Å². The van der Waals surface area contributed by atoms with E-state index in [2.05, 4.69) is 6.92 Å². The third-order valence-corrected chi connectivity index (χ3v) is 1.75. The fourth-order valence-corrected chi connectivity index (χ4v) is 0.947. The molecule has 11 heavy (non-hydrogen) atoms. The molecule has 0 spiro atoms. The Bertz CT molecular complexity index is 232. The van der Waals surface area contributed by atoms with Crippen LogP contribution in [0.25, 0.3) is 0 Å². The molecule has 0 aromatic heterocycles. The summed E-state index contributed by atoms with van der Waals surface area (Å²) in [4.78, 5) is 0. The molecule has 0 aromatic rings. The van der Waals surface area contributed by atoms with E-state index in [9.17, 15) is 4.39 Å². The SMILES string of the molecule is [CH2]C1C=CC=CC1(F)C(=N)N. The minimum atomic E-state index is -1.88. The number of nitrogens with one attached hydrogen (secondary N) is 1. The van der Waals surface area contributed by atoms with Crippen LogP contribution in [0, 0.1) is 18.3 Å². The van der Waals surface area contributed by atoms with Crippen LogP contribution in [0.5, 0.6) is 0 Å². The Balaban J connectivity index is 2.94. The molecule has 0 aliphatic heterocycles. The summed E-state index contributed by atoms with van der Waals surface area (Å²) in [6.45, 7) is 3.54. The van der Waals surface area contributed by atoms with Crippen molar-refractivity contribution in [2.24, 2.45) is 11.7 Å². The van der Waals surface area contributed by atoms with Gasteiger partial charge in [0.2, 0.25) is 0 Å². The second-order valence-electron chi connectivity index (χ2n) is 2.53. The molecule has 3 N–H and O–H groups in total. The number of alkyl halides is 1. The number of allylic oxidation sites excluding steroid dienone is 3. The fourth-order valence-electron chi connectivity index (χ4n) is 0.947. The summed E-state index contributed by atoms with van der Waals surface area (Å²) in [6.07, 6.45) is 6.07. The van der Waals surface area contributed by atoms with Crippen LogP contribution < -0.4 is 5.73 Å². The molecule has 0 fully saturated rings. The molecule has 2 unspecified atom stereocenters. The Kier molecular flexibility index (Phi) is 1.81. The molecule has 0 saturated heterocycles. The maximum atomic E-state index is 13.5. The van der Waals surface area contributed by atoms with Crippen LogP contribution in [0.4, 0.5) is 4.39 Å². The number of amidine groups is 1. The van der Waals surface area contributed by atoms with Crippen molar-refractivity contribution in [1.82, 2.24) is 0 Å². The van der Waals surface area contributed by atoms with E-state index in [1.807, 2.05) is 0 Å². The van der Waals surface area contributed by atoms with Gasteiger partial charge in [0.15, 0.2) is 5.67 Å². The van der Waals surface area contributed by atoms with Crippen LogP contribution >= 0.6 is 0 Å². The van der Waals surface area contributed by atoms with E-state index in [0.717, 1.165) is 0 Å². The van der Waals surface area contributed by atoms with Gasteiger partial charge < -0.3 is 5.73 Å². The third kappa shape index (κ3) is 1.18. The fraction of sp³-hybridized carbons (Fsp3) is 0.250. The highest BCUT2D eigenvalue weighted by atomic mass is 19.1. The number of rotatable bonds is 1. The van der Waals surface area contributed by atoms with E-state index in [1.165, 1.54) is 12.2 Å². The van der Waals surface area contributed by atoms with Crippen LogP contribution in [0.15, 0.2) is 24.3 Å². The highest BCUT2D eigenvalue weighted by Gasteiger charge is 2.36. The van der Waals surface area contributed by atoms with E-state index in [4.69, 9.17) is 11.1 Å². The van der Waals surface area contributed by atoms with Gasteiger partial charge in [0, 0.05) is 5.92 Å².